The molecule has 13 heavy (non-hydrogen) atoms. The van der Waals surface area contributed by atoms with Crippen molar-refractivity contribution in [2.75, 3.05) is 0 Å². The number of phenolic OH excluding ortho intramolecular Hbond substituents is 1. The Labute approximate surface area is 74.3 Å². The maximum absolute atomic E-state index is 12.3. The Morgan fingerprint density at radius 3 is 1.77 bits per heavy atom. The Morgan fingerprint density at radius 2 is 1.46 bits per heavy atom. The van der Waals surface area contributed by atoms with Crippen molar-refractivity contribution in [3.63, 3.8) is 0 Å². The summed E-state index contributed by atoms with van der Waals surface area (Å²) in [5.41, 5.74) is -0.142. The Balaban J connectivity index is 3.29. The van der Waals surface area contributed by atoms with Crippen LogP contribution in [0.4, 0.5) is 12.9 Å². The van der Waals surface area contributed by atoms with E-state index in [1.54, 1.807) is 0 Å². The van der Waals surface area contributed by atoms with Crippen molar-refractivity contribution < 1.29 is 18.1 Å². The number of aromatic hydroxyl groups is 1. The first-order valence-electron chi connectivity index (χ1n) is 3.82. The van der Waals surface area contributed by atoms with E-state index in [9.17, 15) is 18.1 Å². The van der Waals surface area contributed by atoms with Crippen LogP contribution in [0.15, 0.2) is 12.1 Å². The maximum atomic E-state index is 12.3. The zero-order valence-corrected chi connectivity index (χ0v) is 7.31. The first-order chi connectivity index (χ1) is 5.82. The first kappa shape index (κ1) is 9.96. The highest BCUT2D eigenvalue weighted by atomic mass is 19.4. The third-order valence-corrected chi connectivity index (χ3v) is 1.89. The fraction of sp³-hybridized carbons (Fsp3) is 0.250. The molecule has 1 rings (SSSR count). The quantitative estimate of drug-likeness (QED) is 0.670. The normalized spacial score (nSPS) is 11.8. The average molecular weight is 189 g/mol. The zero-order valence-electron chi connectivity index (χ0n) is 7.31. The number of hydrogen-bond donors (Lipinski definition) is 1. The standard InChI is InChI=1S/C8H9BF3O/c1-5-3-7(9(10,11)12)4-6(2)8(5)13/h3-4,13H,1-2H3/q-1. The number of aryl methyl sites for hydroxylation is 2. The molecule has 0 saturated heterocycles. The maximum Gasteiger partial charge on any atom is 0.509 e. The van der Waals surface area contributed by atoms with Gasteiger partial charge in [-0.2, -0.15) is 0 Å². The second-order valence-electron chi connectivity index (χ2n) is 3.08. The lowest BCUT2D eigenvalue weighted by atomic mass is 9.78. The minimum atomic E-state index is -4.97. The van der Waals surface area contributed by atoms with Crippen LogP contribution in [0.25, 0.3) is 0 Å². The molecule has 0 aliphatic heterocycles. The Morgan fingerprint density at radius 1 is 1.08 bits per heavy atom. The lowest BCUT2D eigenvalue weighted by molar-refractivity contribution is 0.466. The van der Waals surface area contributed by atoms with E-state index in [4.69, 9.17) is 0 Å². The molecule has 0 heterocycles. The first-order valence-corrected chi connectivity index (χ1v) is 3.82. The Bertz CT molecular complexity index is 310. The van der Waals surface area contributed by atoms with Crippen molar-refractivity contribution in [2.24, 2.45) is 0 Å². The van der Waals surface area contributed by atoms with Gasteiger partial charge in [0.05, 0.1) is 0 Å². The summed E-state index contributed by atoms with van der Waals surface area (Å²) in [7, 11) is 0. The van der Waals surface area contributed by atoms with Gasteiger partial charge in [-0.05, 0) is 25.0 Å². The van der Waals surface area contributed by atoms with Crippen molar-refractivity contribution in [3.8, 4) is 5.75 Å². The summed E-state index contributed by atoms with van der Waals surface area (Å²) >= 11 is 0. The van der Waals surface area contributed by atoms with E-state index in [1.165, 1.54) is 13.8 Å². The van der Waals surface area contributed by atoms with Crippen molar-refractivity contribution in [1.29, 1.82) is 0 Å². The van der Waals surface area contributed by atoms with Gasteiger partial charge < -0.3 is 18.1 Å². The fourth-order valence-electron chi connectivity index (χ4n) is 1.18. The number of rotatable bonds is 1. The van der Waals surface area contributed by atoms with Gasteiger partial charge in [-0.15, -0.1) is 5.46 Å². The minimum absolute atomic E-state index is 0.0659. The van der Waals surface area contributed by atoms with Crippen LogP contribution in [0.3, 0.4) is 0 Å². The lowest BCUT2D eigenvalue weighted by Gasteiger charge is -2.17. The smallest absolute Gasteiger partial charge is 0.507 e. The summed E-state index contributed by atoms with van der Waals surface area (Å²) in [6.07, 6.45) is 0. The highest BCUT2D eigenvalue weighted by Gasteiger charge is 2.26. The molecule has 0 radical (unpaired) electrons. The van der Waals surface area contributed by atoms with Gasteiger partial charge in [0.2, 0.25) is 0 Å². The monoisotopic (exact) mass is 189 g/mol. The van der Waals surface area contributed by atoms with Gasteiger partial charge in [0.1, 0.15) is 5.75 Å². The predicted molar refractivity (Wildman–Crippen MR) is 46.3 cm³/mol. The molecular weight excluding hydrogens is 180 g/mol. The average Bonchev–Trinajstić information content (AvgIpc) is 1.97. The molecule has 0 aliphatic carbocycles. The molecule has 0 aromatic heterocycles. The number of benzene rings is 1. The van der Waals surface area contributed by atoms with E-state index in [0.717, 1.165) is 12.1 Å². The molecule has 0 unspecified atom stereocenters. The molecule has 0 fully saturated rings. The summed E-state index contributed by atoms with van der Waals surface area (Å²) in [6.45, 7) is -2.06. The van der Waals surface area contributed by atoms with Crippen LogP contribution < -0.4 is 5.46 Å². The molecular formula is C8H9BF3O-. The van der Waals surface area contributed by atoms with Crippen molar-refractivity contribution in [2.45, 2.75) is 13.8 Å². The Kier molecular flexibility index (Phi) is 2.28. The van der Waals surface area contributed by atoms with Gasteiger partial charge in [-0.1, -0.05) is 12.1 Å². The third-order valence-electron chi connectivity index (χ3n) is 1.89. The van der Waals surface area contributed by atoms with Gasteiger partial charge >= 0.3 is 6.98 Å². The number of phenols is 1. The van der Waals surface area contributed by atoms with Crippen LogP contribution >= 0.6 is 0 Å². The number of hydrogen-bond acceptors (Lipinski definition) is 1. The molecule has 72 valence electrons. The summed E-state index contributed by atoms with van der Waals surface area (Å²) in [4.78, 5) is 0. The largest absolute Gasteiger partial charge is 0.509 e. The molecule has 1 aromatic carbocycles. The second kappa shape index (κ2) is 2.98. The summed E-state index contributed by atoms with van der Waals surface area (Å²) in [6, 6.07) is 1.92. The van der Waals surface area contributed by atoms with Gasteiger partial charge in [0, 0.05) is 0 Å². The van der Waals surface area contributed by atoms with Gasteiger partial charge in [0.15, 0.2) is 0 Å². The van der Waals surface area contributed by atoms with E-state index < -0.39 is 12.4 Å². The second-order valence-corrected chi connectivity index (χ2v) is 3.08. The fourth-order valence-corrected chi connectivity index (χ4v) is 1.18. The summed E-state index contributed by atoms with van der Waals surface area (Å²) in [5.74, 6) is -0.0659. The Hall–Kier alpha value is -1.13. The summed E-state index contributed by atoms with van der Waals surface area (Å²) in [5, 5.41) is 9.24. The SMILES string of the molecule is Cc1cc([B-](F)(F)F)cc(C)c1O. The van der Waals surface area contributed by atoms with Crippen LogP contribution in [-0.4, -0.2) is 12.1 Å². The van der Waals surface area contributed by atoms with Gasteiger partial charge in [0.25, 0.3) is 0 Å². The van der Waals surface area contributed by atoms with Gasteiger partial charge in [-0.3, -0.25) is 0 Å². The van der Waals surface area contributed by atoms with E-state index in [1.807, 2.05) is 0 Å². The highest BCUT2D eigenvalue weighted by Crippen LogP contribution is 2.21. The predicted octanol–water partition coefficient (Wildman–Crippen LogP) is 2.06. The minimum Gasteiger partial charge on any atom is -0.507 e. The summed E-state index contributed by atoms with van der Waals surface area (Å²) < 4.78 is 36.8. The molecule has 5 heteroatoms. The molecule has 1 aromatic rings. The van der Waals surface area contributed by atoms with Crippen molar-refractivity contribution in [3.05, 3.63) is 23.3 Å². The molecule has 0 atom stereocenters. The van der Waals surface area contributed by atoms with Gasteiger partial charge in [-0.25, -0.2) is 0 Å². The molecule has 0 saturated carbocycles. The molecule has 1 nitrogen and oxygen atoms in total. The molecule has 0 aliphatic rings. The molecule has 0 spiro atoms. The van der Waals surface area contributed by atoms with Crippen LogP contribution in [0.5, 0.6) is 5.75 Å². The third kappa shape index (κ3) is 1.97. The van der Waals surface area contributed by atoms with Crippen LogP contribution in [0, 0.1) is 13.8 Å². The van der Waals surface area contributed by atoms with E-state index in [2.05, 4.69) is 0 Å². The topological polar surface area (TPSA) is 20.2 Å². The van der Waals surface area contributed by atoms with E-state index in [0.29, 0.717) is 0 Å². The lowest BCUT2D eigenvalue weighted by Crippen LogP contribution is -2.34. The van der Waals surface area contributed by atoms with Crippen molar-refractivity contribution >= 4 is 12.4 Å². The molecule has 0 amide bonds. The van der Waals surface area contributed by atoms with E-state index in [-0.39, 0.29) is 16.9 Å². The number of halogens is 3. The zero-order chi connectivity index (χ0) is 10.2. The van der Waals surface area contributed by atoms with Crippen molar-refractivity contribution in [1.82, 2.24) is 0 Å². The molecule has 0 bridgehead atoms. The van der Waals surface area contributed by atoms with Crippen LogP contribution in [-0.2, 0) is 0 Å². The van der Waals surface area contributed by atoms with E-state index >= 15 is 0 Å². The van der Waals surface area contributed by atoms with Crippen LogP contribution in [0.1, 0.15) is 11.1 Å². The highest BCUT2D eigenvalue weighted by molar-refractivity contribution is 6.73. The van der Waals surface area contributed by atoms with Crippen LogP contribution in [0.2, 0.25) is 0 Å². The molecule has 1 N–H and O–H groups in total.